The fourth-order valence-electron chi connectivity index (χ4n) is 3.89. The van der Waals surface area contributed by atoms with Crippen LogP contribution in [0.3, 0.4) is 0 Å². The largest absolute Gasteiger partial charge is 0.376 e. The van der Waals surface area contributed by atoms with Crippen LogP contribution in [0.4, 0.5) is 0 Å². The Morgan fingerprint density at radius 1 is 1.27 bits per heavy atom. The molecule has 2 fully saturated rings. The average Bonchev–Trinajstić information content (AvgIpc) is 3.28. The van der Waals surface area contributed by atoms with Crippen molar-refractivity contribution >= 4 is 5.91 Å². The van der Waals surface area contributed by atoms with Crippen LogP contribution >= 0.6 is 0 Å². The van der Waals surface area contributed by atoms with E-state index in [9.17, 15) is 4.79 Å². The third kappa shape index (κ3) is 3.68. The summed E-state index contributed by atoms with van der Waals surface area (Å²) in [6.07, 6.45) is 9.75. The zero-order chi connectivity index (χ0) is 17.9. The maximum absolute atomic E-state index is 13.3. The van der Waals surface area contributed by atoms with Gasteiger partial charge in [-0.1, -0.05) is 18.6 Å². The van der Waals surface area contributed by atoms with Crippen LogP contribution in [0.5, 0.6) is 0 Å². The molecule has 2 heterocycles. The molecule has 0 unspecified atom stereocenters. The summed E-state index contributed by atoms with van der Waals surface area (Å²) in [5.74, 6) is 0.775. The normalized spacial score (nSPS) is 20.1. The van der Waals surface area contributed by atoms with Gasteiger partial charge >= 0.3 is 0 Å². The molecule has 1 aliphatic heterocycles. The second-order valence-electron chi connectivity index (χ2n) is 7.61. The Kier molecular flexibility index (Phi) is 5.07. The highest BCUT2D eigenvalue weighted by atomic mass is 16.5. The van der Waals surface area contributed by atoms with Gasteiger partial charge in [-0.15, -0.1) is 0 Å². The SMILES string of the molecule is Cn1cncc1-c1cccc(C(=O)N(CC2CCC2)C[C@H]2CCCO2)c1. The number of amides is 1. The quantitative estimate of drug-likeness (QED) is 0.798. The van der Waals surface area contributed by atoms with Crippen LogP contribution in [0.2, 0.25) is 0 Å². The number of imidazole rings is 1. The summed E-state index contributed by atoms with van der Waals surface area (Å²) >= 11 is 0. The summed E-state index contributed by atoms with van der Waals surface area (Å²) in [5, 5.41) is 0. The molecule has 1 saturated heterocycles. The van der Waals surface area contributed by atoms with E-state index >= 15 is 0 Å². The van der Waals surface area contributed by atoms with Gasteiger partial charge in [-0.2, -0.15) is 0 Å². The number of benzene rings is 1. The topological polar surface area (TPSA) is 47.4 Å². The van der Waals surface area contributed by atoms with E-state index in [1.165, 1.54) is 19.3 Å². The fourth-order valence-corrected chi connectivity index (χ4v) is 3.89. The lowest BCUT2D eigenvalue weighted by Gasteiger charge is -2.33. The lowest BCUT2D eigenvalue weighted by molar-refractivity contribution is 0.0448. The Balaban J connectivity index is 1.54. The van der Waals surface area contributed by atoms with Crippen molar-refractivity contribution < 1.29 is 9.53 Å². The van der Waals surface area contributed by atoms with E-state index in [0.29, 0.717) is 12.5 Å². The van der Waals surface area contributed by atoms with Crippen molar-refractivity contribution in [3.05, 3.63) is 42.4 Å². The molecule has 2 aliphatic rings. The number of carbonyl (C=O) groups excluding carboxylic acids is 1. The molecule has 2 aromatic rings. The van der Waals surface area contributed by atoms with Crippen LogP contribution < -0.4 is 0 Å². The number of ether oxygens (including phenoxy) is 1. The van der Waals surface area contributed by atoms with Gasteiger partial charge in [0.05, 0.1) is 24.3 Å². The number of hydrogen-bond acceptors (Lipinski definition) is 3. The zero-order valence-corrected chi connectivity index (χ0v) is 15.4. The maximum atomic E-state index is 13.3. The predicted molar refractivity (Wildman–Crippen MR) is 101 cm³/mol. The van der Waals surface area contributed by atoms with Gasteiger partial charge in [-0.05, 0) is 43.7 Å². The highest BCUT2D eigenvalue weighted by Gasteiger charge is 2.28. The third-order valence-electron chi connectivity index (χ3n) is 5.66. The fraction of sp³-hybridized carbons (Fsp3) is 0.524. The minimum atomic E-state index is 0.122. The Labute approximate surface area is 155 Å². The maximum Gasteiger partial charge on any atom is 0.253 e. The van der Waals surface area contributed by atoms with Crippen LogP contribution in [0.1, 0.15) is 42.5 Å². The average molecular weight is 353 g/mol. The molecule has 1 amide bonds. The molecular weight excluding hydrogens is 326 g/mol. The number of rotatable bonds is 6. The molecule has 0 N–H and O–H groups in total. The van der Waals surface area contributed by atoms with E-state index in [2.05, 4.69) is 4.98 Å². The number of aromatic nitrogens is 2. The minimum Gasteiger partial charge on any atom is -0.376 e. The van der Waals surface area contributed by atoms with Crippen LogP contribution in [0, 0.1) is 5.92 Å². The summed E-state index contributed by atoms with van der Waals surface area (Å²) in [7, 11) is 1.97. The van der Waals surface area contributed by atoms with Gasteiger partial charge in [0.15, 0.2) is 0 Å². The van der Waals surface area contributed by atoms with E-state index in [-0.39, 0.29) is 12.0 Å². The predicted octanol–water partition coefficient (Wildman–Crippen LogP) is 3.51. The van der Waals surface area contributed by atoms with Crippen molar-refractivity contribution in [2.45, 2.75) is 38.2 Å². The van der Waals surface area contributed by atoms with Gasteiger partial charge in [0, 0.05) is 37.9 Å². The van der Waals surface area contributed by atoms with Crippen LogP contribution in [-0.2, 0) is 11.8 Å². The molecule has 1 aliphatic carbocycles. The van der Waals surface area contributed by atoms with Crippen molar-refractivity contribution in [2.24, 2.45) is 13.0 Å². The van der Waals surface area contributed by atoms with Crippen molar-refractivity contribution in [3.63, 3.8) is 0 Å². The van der Waals surface area contributed by atoms with E-state index in [1.807, 2.05) is 47.0 Å². The Bertz CT molecular complexity index is 760. The van der Waals surface area contributed by atoms with Crippen LogP contribution in [-0.4, -0.2) is 46.2 Å². The van der Waals surface area contributed by atoms with Crippen molar-refractivity contribution in [1.29, 1.82) is 0 Å². The lowest BCUT2D eigenvalue weighted by Crippen LogP contribution is -2.41. The highest BCUT2D eigenvalue weighted by Crippen LogP contribution is 2.29. The van der Waals surface area contributed by atoms with Crippen molar-refractivity contribution in [2.75, 3.05) is 19.7 Å². The monoisotopic (exact) mass is 353 g/mol. The van der Waals surface area contributed by atoms with Gasteiger partial charge in [-0.3, -0.25) is 4.79 Å². The number of hydrogen-bond donors (Lipinski definition) is 0. The van der Waals surface area contributed by atoms with Crippen LogP contribution in [0.15, 0.2) is 36.8 Å². The second kappa shape index (κ2) is 7.62. The van der Waals surface area contributed by atoms with Gasteiger partial charge in [0.25, 0.3) is 5.91 Å². The molecular formula is C21H27N3O2. The number of carbonyl (C=O) groups is 1. The second-order valence-corrected chi connectivity index (χ2v) is 7.61. The smallest absolute Gasteiger partial charge is 0.253 e. The van der Waals surface area contributed by atoms with E-state index < -0.39 is 0 Å². The Morgan fingerprint density at radius 3 is 2.81 bits per heavy atom. The summed E-state index contributed by atoms with van der Waals surface area (Å²) in [6.45, 7) is 2.39. The molecule has 138 valence electrons. The number of aryl methyl sites for hydroxylation is 1. The molecule has 0 bridgehead atoms. The first-order valence-corrected chi connectivity index (χ1v) is 9.68. The first kappa shape index (κ1) is 17.3. The highest BCUT2D eigenvalue weighted by molar-refractivity contribution is 5.95. The summed E-state index contributed by atoms with van der Waals surface area (Å²) in [4.78, 5) is 19.5. The van der Waals surface area contributed by atoms with E-state index in [0.717, 1.165) is 42.8 Å². The van der Waals surface area contributed by atoms with Gasteiger partial charge in [0.2, 0.25) is 0 Å². The van der Waals surface area contributed by atoms with Gasteiger partial charge < -0.3 is 14.2 Å². The number of nitrogens with zero attached hydrogens (tertiary/aromatic N) is 3. The minimum absolute atomic E-state index is 0.122. The third-order valence-corrected chi connectivity index (χ3v) is 5.66. The molecule has 1 aromatic heterocycles. The summed E-state index contributed by atoms with van der Waals surface area (Å²) < 4.78 is 7.77. The molecule has 0 radical (unpaired) electrons. The van der Waals surface area contributed by atoms with Crippen molar-refractivity contribution in [1.82, 2.24) is 14.5 Å². The molecule has 5 heteroatoms. The molecule has 26 heavy (non-hydrogen) atoms. The molecule has 1 saturated carbocycles. The van der Waals surface area contributed by atoms with E-state index in [1.54, 1.807) is 6.33 Å². The zero-order valence-electron chi connectivity index (χ0n) is 15.4. The molecule has 4 rings (SSSR count). The lowest BCUT2D eigenvalue weighted by atomic mass is 9.85. The molecule has 5 nitrogen and oxygen atoms in total. The standard InChI is InChI=1S/C21H27N3O2/c1-23-15-22-12-20(23)17-7-3-8-18(11-17)21(25)24(13-16-5-2-6-16)14-19-9-4-10-26-19/h3,7-8,11-12,15-16,19H,2,4-6,9-10,13-14H2,1H3/t19-/m1/s1. The molecule has 0 spiro atoms. The molecule has 1 aromatic carbocycles. The van der Waals surface area contributed by atoms with Gasteiger partial charge in [0.1, 0.15) is 0 Å². The van der Waals surface area contributed by atoms with Gasteiger partial charge in [-0.25, -0.2) is 4.98 Å². The summed E-state index contributed by atoms with van der Waals surface area (Å²) in [5.41, 5.74) is 2.79. The summed E-state index contributed by atoms with van der Waals surface area (Å²) in [6, 6.07) is 7.90. The first-order chi connectivity index (χ1) is 12.7. The first-order valence-electron chi connectivity index (χ1n) is 9.68. The van der Waals surface area contributed by atoms with Crippen molar-refractivity contribution in [3.8, 4) is 11.3 Å². The van der Waals surface area contributed by atoms with Crippen LogP contribution in [0.25, 0.3) is 11.3 Å². The Morgan fingerprint density at radius 2 is 2.15 bits per heavy atom. The van der Waals surface area contributed by atoms with E-state index in [4.69, 9.17) is 4.74 Å². The Hall–Kier alpha value is -2.14. The molecule has 1 atom stereocenters.